The van der Waals surface area contributed by atoms with Gasteiger partial charge in [0, 0.05) is 5.56 Å². The van der Waals surface area contributed by atoms with Crippen LogP contribution in [0.1, 0.15) is 20.2 Å². The summed E-state index contributed by atoms with van der Waals surface area (Å²) >= 11 is 13.2. The molecule has 2 amide bonds. The molecule has 3 heterocycles. The Balaban J connectivity index is 1.73. The molecule has 0 N–H and O–H groups in total. The zero-order chi connectivity index (χ0) is 20.3. The normalized spacial score (nSPS) is 13.4. The van der Waals surface area contributed by atoms with Crippen LogP contribution < -0.4 is 10.5 Å². The van der Waals surface area contributed by atoms with Crippen LogP contribution in [0.25, 0.3) is 16.2 Å². The molecule has 0 saturated heterocycles. The van der Waals surface area contributed by atoms with Crippen LogP contribution in [-0.2, 0) is 0 Å². The first kappa shape index (κ1) is 18.0. The van der Waals surface area contributed by atoms with Crippen LogP contribution in [0.4, 0.5) is 5.69 Å². The molecular formula is C19H8Cl2N4O3S. The van der Waals surface area contributed by atoms with Crippen LogP contribution in [0.5, 0.6) is 0 Å². The van der Waals surface area contributed by atoms with Crippen molar-refractivity contribution in [3.63, 3.8) is 0 Å². The highest BCUT2D eigenvalue weighted by atomic mass is 35.5. The van der Waals surface area contributed by atoms with E-state index in [0.717, 1.165) is 20.6 Å². The number of aromatic nitrogens is 3. The average molecular weight is 443 g/mol. The van der Waals surface area contributed by atoms with Crippen LogP contribution in [0, 0.1) is 0 Å². The van der Waals surface area contributed by atoms with Gasteiger partial charge in [0.1, 0.15) is 10.6 Å². The van der Waals surface area contributed by atoms with Crippen molar-refractivity contribution in [3.8, 4) is 11.3 Å². The van der Waals surface area contributed by atoms with Crippen LogP contribution in [0.15, 0.2) is 53.3 Å². The molecule has 4 aromatic rings. The van der Waals surface area contributed by atoms with Gasteiger partial charge in [-0.2, -0.15) is 0 Å². The van der Waals surface area contributed by atoms with Crippen molar-refractivity contribution in [2.24, 2.45) is 0 Å². The summed E-state index contributed by atoms with van der Waals surface area (Å²) in [4.78, 5) is 40.4. The summed E-state index contributed by atoms with van der Waals surface area (Å²) in [6, 6.07) is 13.4. The smallest absolute Gasteiger partial charge is 0.267 e. The van der Waals surface area contributed by atoms with Crippen molar-refractivity contribution in [2.45, 2.75) is 0 Å². The van der Waals surface area contributed by atoms with E-state index in [0.29, 0.717) is 5.56 Å². The van der Waals surface area contributed by atoms with Gasteiger partial charge in [-0.15, -0.1) is 10.2 Å². The SMILES string of the molecule is O=C1c2sc3nnc(-c4ccccc4)c(=O)n3c2C(=O)N1c1cccc(Cl)c1Cl. The Morgan fingerprint density at radius 3 is 2.38 bits per heavy atom. The lowest BCUT2D eigenvalue weighted by atomic mass is 10.2. The number of carbonyl (C=O) groups is 2. The molecule has 10 heteroatoms. The Morgan fingerprint density at radius 2 is 1.62 bits per heavy atom. The molecule has 0 bridgehead atoms. The highest BCUT2D eigenvalue weighted by molar-refractivity contribution is 7.19. The minimum absolute atomic E-state index is 0.0527. The van der Waals surface area contributed by atoms with E-state index >= 15 is 0 Å². The molecule has 0 unspecified atom stereocenters. The maximum absolute atomic E-state index is 13.1. The van der Waals surface area contributed by atoms with Gasteiger partial charge in [0.25, 0.3) is 17.4 Å². The van der Waals surface area contributed by atoms with Crippen LogP contribution >= 0.6 is 34.5 Å². The Morgan fingerprint density at radius 1 is 0.862 bits per heavy atom. The minimum atomic E-state index is -0.672. The third-order valence-corrected chi connectivity index (χ3v) is 6.31. The van der Waals surface area contributed by atoms with Crippen molar-refractivity contribution in [2.75, 3.05) is 4.90 Å². The van der Waals surface area contributed by atoms with E-state index in [1.807, 2.05) is 6.07 Å². The molecule has 142 valence electrons. The standard InChI is InChI=1S/C19H8Cl2N4O3S/c20-10-7-4-8-11(12(10)21)24-17(27)14-15(18(24)28)29-19-23-22-13(16(26)25(14)19)9-5-2-1-3-6-9/h1-8H. The molecule has 0 atom stereocenters. The molecule has 1 aliphatic rings. The van der Waals surface area contributed by atoms with Gasteiger partial charge in [-0.3, -0.25) is 14.4 Å². The Hall–Kier alpha value is -3.07. The molecule has 0 spiro atoms. The number of hydrogen-bond donors (Lipinski definition) is 0. The first-order valence-electron chi connectivity index (χ1n) is 8.29. The highest BCUT2D eigenvalue weighted by Gasteiger charge is 2.43. The zero-order valence-electron chi connectivity index (χ0n) is 14.3. The van der Waals surface area contributed by atoms with Gasteiger partial charge < -0.3 is 0 Å². The second-order valence-electron chi connectivity index (χ2n) is 6.14. The lowest BCUT2D eigenvalue weighted by Crippen LogP contribution is -2.31. The molecule has 0 aliphatic carbocycles. The molecule has 7 nitrogen and oxygen atoms in total. The number of halogens is 2. The first-order valence-corrected chi connectivity index (χ1v) is 9.86. The quantitative estimate of drug-likeness (QED) is 0.439. The lowest BCUT2D eigenvalue weighted by Gasteiger charge is -2.16. The number of carbonyl (C=O) groups excluding carboxylic acids is 2. The molecule has 29 heavy (non-hydrogen) atoms. The van der Waals surface area contributed by atoms with Crippen molar-refractivity contribution in [3.05, 3.63) is 79.5 Å². The number of fused-ring (bicyclic) bond motifs is 3. The molecule has 1 aliphatic heterocycles. The van der Waals surface area contributed by atoms with Crippen molar-refractivity contribution >= 4 is 57.0 Å². The predicted octanol–water partition coefficient (Wildman–Crippen LogP) is 3.93. The van der Waals surface area contributed by atoms with E-state index < -0.39 is 17.4 Å². The van der Waals surface area contributed by atoms with Crippen molar-refractivity contribution in [1.29, 1.82) is 0 Å². The van der Waals surface area contributed by atoms with Crippen LogP contribution in [-0.4, -0.2) is 26.4 Å². The number of nitrogens with zero attached hydrogens (tertiary/aromatic N) is 4. The number of amides is 2. The predicted molar refractivity (Wildman–Crippen MR) is 110 cm³/mol. The fourth-order valence-electron chi connectivity index (χ4n) is 3.18. The van der Waals surface area contributed by atoms with E-state index in [2.05, 4.69) is 10.2 Å². The number of imide groups is 1. The molecule has 2 aromatic carbocycles. The third-order valence-electron chi connectivity index (χ3n) is 4.49. The van der Waals surface area contributed by atoms with E-state index in [1.165, 1.54) is 6.07 Å². The summed E-state index contributed by atoms with van der Waals surface area (Å²) in [7, 11) is 0. The van der Waals surface area contributed by atoms with Crippen molar-refractivity contribution in [1.82, 2.24) is 14.6 Å². The maximum atomic E-state index is 13.1. The van der Waals surface area contributed by atoms with Crippen LogP contribution in [0.2, 0.25) is 10.0 Å². The summed E-state index contributed by atoms with van der Waals surface area (Å²) in [5.74, 6) is -1.26. The monoisotopic (exact) mass is 442 g/mol. The highest BCUT2D eigenvalue weighted by Crippen LogP contribution is 2.38. The summed E-state index contributed by atoms with van der Waals surface area (Å²) in [6.45, 7) is 0. The van der Waals surface area contributed by atoms with E-state index in [-0.39, 0.29) is 37.0 Å². The lowest BCUT2D eigenvalue weighted by molar-refractivity contribution is 0.0925. The van der Waals surface area contributed by atoms with Crippen LogP contribution in [0.3, 0.4) is 0 Å². The van der Waals surface area contributed by atoms with Gasteiger partial charge in [-0.25, -0.2) is 9.30 Å². The van der Waals surface area contributed by atoms with Gasteiger partial charge in [0.2, 0.25) is 4.96 Å². The molecule has 0 radical (unpaired) electrons. The first-order chi connectivity index (χ1) is 14.0. The Labute approximate surface area is 176 Å². The van der Waals surface area contributed by atoms with Gasteiger partial charge in [0.05, 0.1) is 15.7 Å². The summed E-state index contributed by atoms with van der Waals surface area (Å²) < 4.78 is 1.13. The van der Waals surface area contributed by atoms with Gasteiger partial charge in [0.15, 0.2) is 5.69 Å². The van der Waals surface area contributed by atoms with Gasteiger partial charge in [-0.1, -0.05) is 70.9 Å². The molecule has 2 aromatic heterocycles. The minimum Gasteiger partial charge on any atom is -0.267 e. The second-order valence-corrected chi connectivity index (χ2v) is 7.90. The van der Waals surface area contributed by atoms with Crippen molar-refractivity contribution < 1.29 is 9.59 Å². The summed E-state index contributed by atoms with van der Waals surface area (Å²) in [6.07, 6.45) is 0. The number of benzene rings is 2. The number of hydrogen-bond acceptors (Lipinski definition) is 6. The zero-order valence-corrected chi connectivity index (χ0v) is 16.6. The summed E-state index contributed by atoms with van der Waals surface area (Å²) in [5, 5.41) is 8.32. The molecule has 0 saturated carbocycles. The second kappa shape index (κ2) is 6.48. The number of rotatable bonds is 2. The Bertz CT molecular complexity index is 1400. The Kier molecular flexibility index (Phi) is 4.02. The molecule has 5 rings (SSSR count). The maximum Gasteiger partial charge on any atom is 0.286 e. The van der Waals surface area contributed by atoms with E-state index in [9.17, 15) is 14.4 Å². The summed E-state index contributed by atoms with van der Waals surface area (Å²) in [5.41, 5.74) is 0.222. The topological polar surface area (TPSA) is 84.6 Å². The molecular weight excluding hydrogens is 435 g/mol. The average Bonchev–Trinajstić information content (AvgIpc) is 3.22. The van der Waals surface area contributed by atoms with E-state index in [1.54, 1.807) is 36.4 Å². The fraction of sp³-hybridized carbons (Fsp3) is 0. The number of anilines is 1. The third kappa shape index (κ3) is 2.53. The largest absolute Gasteiger partial charge is 0.286 e. The molecule has 0 fully saturated rings. The fourth-order valence-corrected chi connectivity index (χ4v) is 4.54. The number of thiazole rings is 1. The van der Waals surface area contributed by atoms with E-state index in [4.69, 9.17) is 23.2 Å². The van der Waals surface area contributed by atoms with Gasteiger partial charge in [-0.05, 0) is 12.1 Å². The van der Waals surface area contributed by atoms with Gasteiger partial charge >= 0.3 is 0 Å².